The summed E-state index contributed by atoms with van der Waals surface area (Å²) in [6, 6.07) is 0.938. The molecule has 1 N–H and O–H groups in total. The van der Waals surface area contributed by atoms with Crippen molar-refractivity contribution < 1.29 is 22.9 Å². The van der Waals surface area contributed by atoms with Gasteiger partial charge in [-0.3, -0.25) is 4.98 Å². The molecule has 1 rings (SSSR count). The molecular weight excluding hydrogens is 258 g/mol. The van der Waals surface area contributed by atoms with Gasteiger partial charge in [0.2, 0.25) is 0 Å². The third-order valence-electron chi connectivity index (χ3n) is 3.05. The average Bonchev–Trinajstić information content (AvgIpc) is 2.24. The van der Waals surface area contributed by atoms with Crippen LogP contribution in [0.4, 0.5) is 13.2 Å². The van der Waals surface area contributed by atoms with Gasteiger partial charge < -0.3 is 9.76 Å². The molecule has 1 heterocycles. The number of aromatic nitrogens is 1. The maximum Gasteiger partial charge on any atom is 0.417 e. The van der Waals surface area contributed by atoms with E-state index < -0.39 is 22.9 Å². The van der Waals surface area contributed by atoms with Crippen LogP contribution in [0.25, 0.3) is 0 Å². The standard InChI is InChI=1S/C12H16BF3NO2/c1-10(2,18)11(3,4)19-13-9-5-8(6-17-7-9)12(14,15)16/h5-7,18H,1-4H3. The minimum atomic E-state index is -4.44. The Bertz CT molecular complexity index is 441. The van der Waals surface area contributed by atoms with Crippen molar-refractivity contribution in [2.24, 2.45) is 0 Å². The first-order valence-corrected chi connectivity index (χ1v) is 5.69. The fourth-order valence-electron chi connectivity index (χ4n) is 1.04. The second-order valence-corrected chi connectivity index (χ2v) is 5.31. The van der Waals surface area contributed by atoms with Crippen molar-refractivity contribution in [3.63, 3.8) is 0 Å². The van der Waals surface area contributed by atoms with Crippen LogP contribution >= 0.6 is 0 Å². The first-order chi connectivity index (χ1) is 8.43. The van der Waals surface area contributed by atoms with Gasteiger partial charge in [0.05, 0.1) is 16.8 Å². The lowest BCUT2D eigenvalue weighted by atomic mass is 9.83. The summed E-state index contributed by atoms with van der Waals surface area (Å²) in [5, 5.41) is 9.87. The third kappa shape index (κ3) is 4.21. The van der Waals surface area contributed by atoms with Gasteiger partial charge in [-0.1, -0.05) is 6.07 Å². The topological polar surface area (TPSA) is 42.4 Å². The summed E-state index contributed by atoms with van der Waals surface area (Å²) >= 11 is 0. The average molecular weight is 274 g/mol. The van der Waals surface area contributed by atoms with E-state index in [1.54, 1.807) is 27.7 Å². The molecule has 7 heteroatoms. The summed E-state index contributed by atoms with van der Waals surface area (Å²) in [7, 11) is 1.17. The Morgan fingerprint density at radius 1 is 1.16 bits per heavy atom. The zero-order valence-electron chi connectivity index (χ0n) is 11.2. The summed E-state index contributed by atoms with van der Waals surface area (Å²) in [4.78, 5) is 3.52. The Hall–Kier alpha value is -1.08. The van der Waals surface area contributed by atoms with Gasteiger partial charge in [0, 0.05) is 12.4 Å². The van der Waals surface area contributed by atoms with Crippen LogP contribution in [-0.4, -0.2) is 28.8 Å². The van der Waals surface area contributed by atoms with E-state index in [1.165, 1.54) is 13.7 Å². The van der Waals surface area contributed by atoms with E-state index >= 15 is 0 Å². The second-order valence-electron chi connectivity index (χ2n) is 5.31. The van der Waals surface area contributed by atoms with Crippen LogP contribution in [0.2, 0.25) is 0 Å². The lowest BCUT2D eigenvalue weighted by molar-refractivity contribution is -0.137. The minimum Gasteiger partial charge on any atom is -0.427 e. The number of nitrogens with zero attached hydrogens (tertiary/aromatic N) is 1. The van der Waals surface area contributed by atoms with Gasteiger partial charge in [0.1, 0.15) is 0 Å². The predicted octanol–water partition coefficient (Wildman–Crippen LogP) is 1.91. The zero-order chi connectivity index (χ0) is 14.9. The first kappa shape index (κ1) is 16.0. The van der Waals surface area contributed by atoms with Gasteiger partial charge in [-0.2, -0.15) is 13.2 Å². The summed E-state index contributed by atoms with van der Waals surface area (Å²) in [5.74, 6) is 0. The Kier molecular flexibility index (Phi) is 4.31. The molecule has 0 fully saturated rings. The Labute approximate surface area is 111 Å². The van der Waals surface area contributed by atoms with Crippen molar-refractivity contribution >= 4 is 12.9 Å². The maximum atomic E-state index is 12.5. The van der Waals surface area contributed by atoms with Gasteiger partial charge >= 0.3 is 13.7 Å². The number of aliphatic hydroxyl groups is 1. The van der Waals surface area contributed by atoms with Crippen molar-refractivity contribution in [2.45, 2.75) is 45.1 Å². The number of rotatable bonds is 4. The highest BCUT2D eigenvalue weighted by atomic mass is 19.4. The lowest BCUT2D eigenvalue weighted by Gasteiger charge is -2.37. The Morgan fingerprint density at radius 3 is 2.21 bits per heavy atom. The number of hydrogen-bond donors (Lipinski definition) is 1. The number of pyridine rings is 1. The molecule has 0 bridgehead atoms. The molecule has 3 nitrogen and oxygen atoms in total. The van der Waals surface area contributed by atoms with Crippen molar-refractivity contribution in [1.29, 1.82) is 0 Å². The van der Waals surface area contributed by atoms with Crippen molar-refractivity contribution in [3.8, 4) is 0 Å². The van der Waals surface area contributed by atoms with Crippen LogP contribution in [0.5, 0.6) is 0 Å². The van der Waals surface area contributed by atoms with E-state index in [2.05, 4.69) is 4.98 Å². The molecule has 0 saturated carbocycles. The highest BCUT2D eigenvalue weighted by Crippen LogP contribution is 2.28. The highest BCUT2D eigenvalue weighted by Gasteiger charge is 2.36. The van der Waals surface area contributed by atoms with Gasteiger partial charge in [-0.15, -0.1) is 0 Å². The maximum absolute atomic E-state index is 12.5. The van der Waals surface area contributed by atoms with Crippen LogP contribution in [0.15, 0.2) is 18.5 Å². The fraction of sp³-hybridized carbons (Fsp3) is 0.583. The van der Waals surface area contributed by atoms with E-state index in [1.807, 2.05) is 0 Å². The molecule has 0 saturated heterocycles. The smallest absolute Gasteiger partial charge is 0.417 e. The van der Waals surface area contributed by atoms with Crippen LogP contribution < -0.4 is 5.46 Å². The van der Waals surface area contributed by atoms with Gasteiger partial charge in [-0.25, -0.2) is 0 Å². The SMILES string of the molecule is CC(C)(O)C(C)(C)O[B]c1cncc(C(F)(F)F)c1. The molecule has 0 atom stereocenters. The quantitative estimate of drug-likeness (QED) is 0.853. The van der Waals surface area contributed by atoms with Crippen LogP contribution in [0.3, 0.4) is 0 Å². The van der Waals surface area contributed by atoms with E-state index in [0.717, 1.165) is 12.3 Å². The molecular formula is C12H16BF3NO2. The molecule has 1 aromatic rings. The Morgan fingerprint density at radius 2 is 1.74 bits per heavy atom. The minimum absolute atomic E-state index is 0.187. The molecule has 0 aliphatic carbocycles. The van der Waals surface area contributed by atoms with E-state index in [4.69, 9.17) is 4.65 Å². The Balaban J connectivity index is 2.80. The molecule has 0 spiro atoms. The molecule has 1 radical (unpaired) electrons. The highest BCUT2D eigenvalue weighted by molar-refractivity contribution is 6.46. The van der Waals surface area contributed by atoms with E-state index in [-0.39, 0.29) is 5.46 Å². The molecule has 0 amide bonds. The molecule has 19 heavy (non-hydrogen) atoms. The van der Waals surface area contributed by atoms with Crippen LogP contribution in [0.1, 0.15) is 33.3 Å². The lowest BCUT2D eigenvalue weighted by Crippen LogP contribution is -2.49. The number of halogens is 3. The number of alkyl halides is 3. The van der Waals surface area contributed by atoms with E-state index in [9.17, 15) is 18.3 Å². The van der Waals surface area contributed by atoms with Gasteiger partial charge in [0.15, 0.2) is 0 Å². The molecule has 0 aliphatic heterocycles. The molecule has 0 unspecified atom stereocenters. The second kappa shape index (κ2) is 5.13. The first-order valence-electron chi connectivity index (χ1n) is 5.69. The van der Waals surface area contributed by atoms with Gasteiger partial charge in [-0.05, 0) is 33.2 Å². The molecule has 0 aliphatic rings. The zero-order valence-corrected chi connectivity index (χ0v) is 11.2. The monoisotopic (exact) mass is 274 g/mol. The van der Waals surface area contributed by atoms with E-state index in [0.29, 0.717) is 0 Å². The van der Waals surface area contributed by atoms with Crippen LogP contribution in [0, 0.1) is 0 Å². The summed E-state index contributed by atoms with van der Waals surface area (Å²) < 4.78 is 42.9. The summed E-state index contributed by atoms with van der Waals surface area (Å²) in [6.45, 7) is 6.41. The molecule has 0 aromatic carbocycles. The molecule has 105 valence electrons. The van der Waals surface area contributed by atoms with Crippen molar-refractivity contribution in [3.05, 3.63) is 24.0 Å². The summed E-state index contributed by atoms with van der Waals surface area (Å²) in [5.41, 5.74) is -2.74. The fourth-order valence-corrected chi connectivity index (χ4v) is 1.04. The summed E-state index contributed by atoms with van der Waals surface area (Å²) in [6.07, 6.45) is -2.43. The van der Waals surface area contributed by atoms with Crippen molar-refractivity contribution in [1.82, 2.24) is 4.98 Å². The van der Waals surface area contributed by atoms with Crippen molar-refractivity contribution in [2.75, 3.05) is 0 Å². The van der Waals surface area contributed by atoms with Gasteiger partial charge in [0.25, 0.3) is 0 Å². The van der Waals surface area contributed by atoms with Crippen LogP contribution in [-0.2, 0) is 10.8 Å². The largest absolute Gasteiger partial charge is 0.427 e. The molecule has 1 aromatic heterocycles. The normalized spacial score (nSPS) is 13.5. The number of hydrogen-bond acceptors (Lipinski definition) is 3. The third-order valence-corrected chi connectivity index (χ3v) is 3.05. The predicted molar refractivity (Wildman–Crippen MR) is 66.1 cm³/mol.